The average Bonchev–Trinajstić information content (AvgIpc) is 2.46. The van der Waals surface area contributed by atoms with E-state index in [4.69, 9.17) is 16.7 Å². The first kappa shape index (κ1) is 14.3. The van der Waals surface area contributed by atoms with Gasteiger partial charge in [0.25, 0.3) is 5.56 Å². The molecule has 0 amide bonds. The van der Waals surface area contributed by atoms with Gasteiger partial charge in [0.15, 0.2) is 0 Å². The van der Waals surface area contributed by atoms with Gasteiger partial charge in [-0.05, 0) is 35.9 Å². The molecule has 0 saturated heterocycles. The average molecular weight is 315 g/mol. The van der Waals surface area contributed by atoms with Crippen molar-refractivity contribution >= 4 is 28.5 Å². The van der Waals surface area contributed by atoms with Crippen LogP contribution in [0, 0.1) is 0 Å². The fourth-order valence-electron chi connectivity index (χ4n) is 2.24. The summed E-state index contributed by atoms with van der Waals surface area (Å²) >= 11 is 5.94. The van der Waals surface area contributed by atoms with Gasteiger partial charge >= 0.3 is 5.97 Å². The van der Waals surface area contributed by atoms with Crippen LogP contribution in [-0.4, -0.2) is 21.0 Å². The number of H-pyrrole nitrogens is 1. The van der Waals surface area contributed by atoms with Crippen LogP contribution in [0.5, 0.6) is 0 Å². The summed E-state index contributed by atoms with van der Waals surface area (Å²) < 4.78 is 0. The Balaban J connectivity index is 2.07. The predicted molar refractivity (Wildman–Crippen MR) is 83.6 cm³/mol. The fourth-order valence-corrected chi connectivity index (χ4v) is 2.46. The van der Waals surface area contributed by atoms with Crippen LogP contribution in [0.1, 0.15) is 21.7 Å². The van der Waals surface area contributed by atoms with Crippen LogP contribution in [0.2, 0.25) is 5.02 Å². The monoisotopic (exact) mass is 314 g/mol. The highest BCUT2D eigenvalue weighted by Gasteiger charge is 2.09. The van der Waals surface area contributed by atoms with E-state index in [1.807, 2.05) is 12.1 Å². The van der Waals surface area contributed by atoms with Gasteiger partial charge in [-0.3, -0.25) is 4.79 Å². The highest BCUT2D eigenvalue weighted by Crippen LogP contribution is 2.15. The molecule has 0 spiro atoms. The maximum Gasteiger partial charge on any atom is 0.335 e. The highest BCUT2D eigenvalue weighted by atomic mass is 35.5. The number of hydrogen-bond acceptors (Lipinski definition) is 3. The zero-order valence-electron chi connectivity index (χ0n) is 11.3. The molecule has 0 aliphatic rings. The number of aromatic amines is 1. The second-order valence-corrected chi connectivity index (χ2v) is 5.29. The Kier molecular flexibility index (Phi) is 3.65. The third kappa shape index (κ3) is 2.84. The van der Waals surface area contributed by atoms with E-state index in [0.29, 0.717) is 28.2 Å². The minimum absolute atomic E-state index is 0.0966. The number of hydrogen-bond donors (Lipinski definition) is 2. The standard InChI is InChI=1S/C16H11ClN2O3/c17-11-3-1-2-9(6-11)7-14-18-13-8-10(16(21)22)4-5-12(13)15(20)19-14/h1-6,8H,7H2,(H,21,22)(H,18,19,20). The molecule has 1 heterocycles. The number of nitrogens with one attached hydrogen (secondary N) is 1. The van der Waals surface area contributed by atoms with Crippen LogP contribution >= 0.6 is 11.6 Å². The van der Waals surface area contributed by atoms with E-state index in [1.165, 1.54) is 18.2 Å². The molecule has 0 atom stereocenters. The summed E-state index contributed by atoms with van der Waals surface area (Å²) in [5, 5.41) is 9.99. The second-order valence-electron chi connectivity index (χ2n) is 4.86. The van der Waals surface area contributed by atoms with Crippen LogP contribution in [0.25, 0.3) is 10.9 Å². The largest absolute Gasteiger partial charge is 0.478 e. The van der Waals surface area contributed by atoms with Crippen LogP contribution < -0.4 is 5.56 Å². The Morgan fingerprint density at radius 3 is 2.77 bits per heavy atom. The molecule has 0 saturated carbocycles. The molecule has 5 nitrogen and oxygen atoms in total. The lowest BCUT2D eigenvalue weighted by Crippen LogP contribution is -2.13. The van der Waals surface area contributed by atoms with Gasteiger partial charge in [0.2, 0.25) is 0 Å². The van der Waals surface area contributed by atoms with E-state index in [0.717, 1.165) is 5.56 Å². The van der Waals surface area contributed by atoms with Crippen molar-refractivity contribution in [3.8, 4) is 0 Å². The summed E-state index contributed by atoms with van der Waals surface area (Å²) in [4.78, 5) is 30.1. The summed E-state index contributed by atoms with van der Waals surface area (Å²) in [6.07, 6.45) is 0.406. The number of fused-ring (bicyclic) bond motifs is 1. The molecule has 3 aromatic rings. The minimum atomic E-state index is -1.06. The van der Waals surface area contributed by atoms with Crippen molar-refractivity contribution in [3.05, 3.63) is 74.8 Å². The molecule has 1 aromatic heterocycles. The zero-order chi connectivity index (χ0) is 15.7. The Labute approximate surface area is 130 Å². The van der Waals surface area contributed by atoms with Crippen LogP contribution in [0.3, 0.4) is 0 Å². The predicted octanol–water partition coefficient (Wildman–Crippen LogP) is 2.87. The first-order chi connectivity index (χ1) is 10.5. The van der Waals surface area contributed by atoms with Crippen LogP contribution in [0.4, 0.5) is 0 Å². The van der Waals surface area contributed by atoms with Crippen molar-refractivity contribution in [2.45, 2.75) is 6.42 Å². The van der Waals surface area contributed by atoms with Gasteiger partial charge in [-0.2, -0.15) is 0 Å². The van der Waals surface area contributed by atoms with Crippen LogP contribution in [-0.2, 0) is 6.42 Å². The molecular weight excluding hydrogens is 304 g/mol. The number of carbonyl (C=O) groups is 1. The molecule has 22 heavy (non-hydrogen) atoms. The van der Waals surface area contributed by atoms with Gasteiger partial charge in [0, 0.05) is 11.4 Å². The summed E-state index contributed by atoms with van der Waals surface area (Å²) in [6.45, 7) is 0. The van der Waals surface area contributed by atoms with Gasteiger partial charge in [0.1, 0.15) is 5.82 Å². The van der Waals surface area contributed by atoms with Crippen LogP contribution in [0.15, 0.2) is 47.3 Å². The van der Waals surface area contributed by atoms with Crippen molar-refractivity contribution in [2.75, 3.05) is 0 Å². The molecular formula is C16H11ClN2O3. The zero-order valence-corrected chi connectivity index (χ0v) is 12.1. The Hall–Kier alpha value is -2.66. The maximum atomic E-state index is 12.1. The number of aromatic carboxylic acids is 1. The first-order valence-electron chi connectivity index (χ1n) is 6.53. The Morgan fingerprint density at radius 2 is 2.05 bits per heavy atom. The molecule has 3 rings (SSSR count). The van der Waals surface area contributed by atoms with E-state index >= 15 is 0 Å². The third-order valence-electron chi connectivity index (χ3n) is 3.26. The van der Waals surface area contributed by atoms with Crippen molar-refractivity contribution in [1.82, 2.24) is 9.97 Å². The molecule has 0 bridgehead atoms. The Morgan fingerprint density at radius 1 is 1.23 bits per heavy atom. The molecule has 6 heteroatoms. The maximum absolute atomic E-state index is 12.1. The lowest BCUT2D eigenvalue weighted by molar-refractivity contribution is 0.0697. The molecule has 0 radical (unpaired) electrons. The third-order valence-corrected chi connectivity index (χ3v) is 3.50. The second kappa shape index (κ2) is 5.61. The Bertz CT molecular complexity index is 934. The summed E-state index contributed by atoms with van der Waals surface area (Å²) in [5.41, 5.74) is 1.07. The lowest BCUT2D eigenvalue weighted by Gasteiger charge is -2.04. The van der Waals surface area contributed by atoms with Gasteiger partial charge < -0.3 is 10.1 Å². The lowest BCUT2D eigenvalue weighted by atomic mass is 10.1. The number of benzene rings is 2. The van der Waals surface area contributed by atoms with Gasteiger partial charge in [-0.15, -0.1) is 0 Å². The normalized spacial score (nSPS) is 10.8. The number of halogens is 1. The highest BCUT2D eigenvalue weighted by molar-refractivity contribution is 6.30. The van der Waals surface area contributed by atoms with Crippen molar-refractivity contribution < 1.29 is 9.90 Å². The molecule has 0 unspecified atom stereocenters. The smallest absolute Gasteiger partial charge is 0.335 e. The quantitative estimate of drug-likeness (QED) is 0.778. The van der Waals surface area contributed by atoms with Crippen molar-refractivity contribution in [2.24, 2.45) is 0 Å². The summed E-state index contributed by atoms with van der Waals surface area (Å²) in [5.74, 6) is -0.595. The fraction of sp³-hybridized carbons (Fsp3) is 0.0625. The molecule has 0 fully saturated rings. The first-order valence-corrected chi connectivity index (χ1v) is 6.91. The topological polar surface area (TPSA) is 83.0 Å². The van der Waals surface area contributed by atoms with Gasteiger partial charge in [-0.25, -0.2) is 9.78 Å². The molecule has 0 aliphatic heterocycles. The molecule has 2 aromatic carbocycles. The van der Waals surface area contributed by atoms with Gasteiger partial charge in [0.05, 0.1) is 16.5 Å². The SMILES string of the molecule is O=C(O)c1ccc2c(=O)[nH]c(Cc3cccc(Cl)c3)nc2c1. The van der Waals surface area contributed by atoms with E-state index in [1.54, 1.807) is 12.1 Å². The molecule has 2 N–H and O–H groups in total. The number of nitrogens with zero attached hydrogens (tertiary/aromatic N) is 1. The summed E-state index contributed by atoms with van der Waals surface area (Å²) in [7, 11) is 0. The minimum Gasteiger partial charge on any atom is -0.478 e. The number of aromatic nitrogens is 2. The molecule has 110 valence electrons. The number of rotatable bonds is 3. The van der Waals surface area contributed by atoms with E-state index in [-0.39, 0.29) is 11.1 Å². The number of carboxylic acids is 1. The van der Waals surface area contributed by atoms with Crippen molar-refractivity contribution in [1.29, 1.82) is 0 Å². The van der Waals surface area contributed by atoms with E-state index in [2.05, 4.69) is 9.97 Å². The van der Waals surface area contributed by atoms with Crippen molar-refractivity contribution in [3.63, 3.8) is 0 Å². The van der Waals surface area contributed by atoms with Gasteiger partial charge in [-0.1, -0.05) is 23.7 Å². The van der Waals surface area contributed by atoms with E-state index in [9.17, 15) is 9.59 Å². The molecule has 0 aliphatic carbocycles. The summed E-state index contributed by atoms with van der Waals surface area (Å²) in [6, 6.07) is 11.5. The number of carboxylic acid groups (broad SMARTS) is 1. The van der Waals surface area contributed by atoms with E-state index < -0.39 is 5.97 Å².